The first-order chi connectivity index (χ1) is 12.3. The Morgan fingerprint density at radius 2 is 2.15 bits per heavy atom. The van der Waals surface area contributed by atoms with Crippen LogP contribution in [0.15, 0.2) is 12.1 Å². The number of nitrogens with two attached hydrogens (primary N) is 2. The molecule has 0 spiro atoms. The third-order valence-corrected chi connectivity index (χ3v) is 4.50. The van der Waals surface area contributed by atoms with Crippen LogP contribution >= 0.6 is 0 Å². The number of primary amides is 1. The van der Waals surface area contributed by atoms with E-state index >= 15 is 0 Å². The summed E-state index contributed by atoms with van der Waals surface area (Å²) in [7, 11) is -1.01. The van der Waals surface area contributed by atoms with Crippen LogP contribution in [0.1, 0.15) is 22.3 Å². The van der Waals surface area contributed by atoms with Crippen LogP contribution in [0, 0.1) is 0 Å². The molecule has 0 aromatic heterocycles. The van der Waals surface area contributed by atoms with Crippen molar-refractivity contribution in [1.29, 1.82) is 0 Å². The van der Waals surface area contributed by atoms with Crippen molar-refractivity contribution in [3.63, 3.8) is 0 Å². The molecule has 1 aromatic rings. The number of amides is 1. The van der Waals surface area contributed by atoms with Crippen molar-refractivity contribution in [2.24, 2.45) is 11.5 Å². The maximum atomic E-state index is 11.7. The number of carbonyl (C=O) groups excluding carboxylic acids is 1. The lowest BCUT2D eigenvalue weighted by Gasteiger charge is -2.40. The topological polar surface area (TPSA) is 148 Å². The summed E-state index contributed by atoms with van der Waals surface area (Å²) in [5.41, 5.74) is 11.6. The molecule has 2 aliphatic rings. The Bertz CT molecular complexity index is 709. The van der Waals surface area contributed by atoms with Crippen LogP contribution in [0.25, 0.3) is 0 Å². The Morgan fingerprint density at radius 3 is 2.81 bits per heavy atom. The van der Waals surface area contributed by atoms with Gasteiger partial charge in [0.05, 0.1) is 0 Å². The van der Waals surface area contributed by atoms with Gasteiger partial charge in [-0.2, -0.15) is 0 Å². The fraction of sp³-hybridized carbons (Fsp3) is 0.500. The summed E-state index contributed by atoms with van der Waals surface area (Å²) in [6, 6.07) is 3.06. The highest BCUT2D eigenvalue weighted by atomic mass is 16.5. The SMILES string of the molecule is NC(=O)C[C@@H](N)CN1CC(Oc2ccc3c(c2C(=O)O)OB(O)CC3)C1. The van der Waals surface area contributed by atoms with Gasteiger partial charge in [-0.25, -0.2) is 4.79 Å². The molecule has 140 valence electrons. The molecule has 0 saturated carbocycles. The molecule has 0 unspecified atom stereocenters. The summed E-state index contributed by atoms with van der Waals surface area (Å²) in [4.78, 5) is 24.6. The molecular weight excluding hydrogens is 341 g/mol. The summed E-state index contributed by atoms with van der Waals surface area (Å²) in [6.07, 6.45) is 0.914. The van der Waals surface area contributed by atoms with Gasteiger partial charge in [0, 0.05) is 32.1 Å². The van der Waals surface area contributed by atoms with Crippen LogP contribution in [0.2, 0.25) is 6.32 Å². The first-order valence-corrected chi connectivity index (χ1v) is 8.50. The average molecular weight is 363 g/mol. The van der Waals surface area contributed by atoms with E-state index in [1.165, 1.54) is 0 Å². The number of hydrogen-bond donors (Lipinski definition) is 4. The molecule has 1 saturated heterocycles. The number of carbonyl (C=O) groups is 2. The molecule has 26 heavy (non-hydrogen) atoms. The summed E-state index contributed by atoms with van der Waals surface area (Å²) in [5, 5.41) is 19.2. The smallest absolute Gasteiger partial charge is 0.522 e. The Labute approximate surface area is 151 Å². The molecule has 1 amide bonds. The minimum atomic E-state index is -1.16. The van der Waals surface area contributed by atoms with Crippen molar-refractivity contribution < 1.29 is 29.1 Å². The van der Waals surface area contributed by atoms with Gasteiger partial charge >= 0.3 is 13.1 Å². The molecule has 0 radical (unpaired) electrons. The van der Waals surface area contributed by atoms with Gasteiger partial charge < -0.3 is 31.0 Å². The van der Waals surface area contributed by atoms with Gasteiger partial charge in [-0.1, -0.05) is 6.07 Å². The first kappa shape index (κ1) is 18.5. The summed E-state index contributed by atoms with van der Waals surface area (Å²) in [6.45, 7) is 1.67. The number of carboxylic acids is 1. The summed E-state index contributed by atoms with van der Waals surface area (Å²) in [5.74, 6) is -1.20. The minimum absolute atomic E-state index is 0.0647. The number of hydrogen-bond acceptors (Lipinski definition) is 7. The fourth-order valence-electron chi connectivity index (χ4n) is 3.29. The molecule has 1 fully saturated rings. The van der Waals surface area contributed by atoms with Crippen molar-refractivity contribution >= 4 is 19.0 Å². The lowest BCUT2D eigenvalue weighted by atomic mass is 9.78. The van der Waals surface area contributed by atoms with Gasteiger partial charge in [-0.15, -0.1) is 0 Å². The molecule has 0 bridgehead atoms. The number of nitrogens with zero attached hydrogens (tertiary/aromatic N) is 1. The lowest BCUT2D eigenvalue weighted by molar-refractivity contribution is -0.118. The molecule has 1 atom stereocenters. The monoisotopic (exact) mass is 363 g/mol. The predicted octanol–water partition coefficient (Wildman–Crippen LogP) is -0.934. The van der Waals surface area contributed by atoms with Crippen LogP contribution in [0.3, 0.4) is 0 Å². The number of ether oxygens (including phenoxy) is 1. The van der Waals surface area contributed by atoms with Gasteiger partial charge in [0.25, 0.3) is 0 Å². The predicted molar refractivity (Wildman–Crippen MR) is 93.2 cm³/mol. The van der Waals surface area contributed by atoms with E-state index in [1.54, 1.807) is 12.1 Å². The molecule has 0 aliphatic carbocycles. The van der Waals surface area contributed by atoms with E-state index in [0.717, 1.165) is 5.56 Å². The maximum absolute atomic E-state index is 11.7. The second-order valence-electron chi connectivity index (χ2n) is 6.73. The van der Waals surface area contributed by atoms with Crippen molar-refractivity contribution in [2.45, 2.75) is 31.3 Å². The molecule has 10 heteroatoms. The number of likely N-dealkylation sites (tertiary alicyclic amines) is 1. The van der Waals surface area contributed by atoms with E-state index in [4.69, 9.17) is 20.9 Å². The molecule has 1 aromatic carbocycles. The number of carboxylic acid groups (broad SMARTS) is 1. The third kappa shape index (κ3) is 4.09. The zero-order valence-corrected chi connectivity index (χ0v) is 14.3. The van der Waals surface area contributed by atoms with Crippen LogP contribution in [0.4, 0.5) is 0 Å². The minimum Gasteiger partial charge on any atom is -0.535 e. The number of aromatic carboxylic acids is 1. The molecule has 2 heterocycles. The van der Waals surface area contributed by atoms with E-state index in [-0.39, 0.29) is 35.6 Å². The van der Waals surface area contributed by atoms with E-state index < -0.39 is 19.0 Å². The lowest BCUT2D eigenvalue weighted by Crippen LogP contribution is -2.57. The number of fused-ring (bicyclic) bond motifs is 1. The number of aryl methyl sites for hydroxylation is 1. The standard InChI is InChI=1S/C16H22BN3O6/c18-10(5-13(19)21)6-20-7-11(8-20)25-12-2-1-9-3-4-17(24)26-15(9)14(12)16(22)23/h1-2,10-11,24H,3-8,18H2,(H2,19,21)(H,22,23)/t10-/m1/s1. The van der Waals surface area contributed by atoms with Crippen molar-refractivity contribution in [3.05, 3.63) is 23.3 Å². The van der Waals surface area contributed by atoms with Crippen molar-refractivity contribution in [3.8, 4) is 11.5 Å². The normalized spacial score (nSPS) is 18.5. The highest BCUT2D eigenvalue weighted by molar-refractivity contribution is 6.44. The molecule has 2 aliphatic heterocycles. The second-order valence-corrected chi connectivity index (χ2v) is 6.73. The average Bonchev–Trinajstić information content (AvgIpc) is 2.51. The molecular formula is C16H22BN3O6. The second kappa shape index (κ2) is 7.52. The highest BCUT2D eigenvalue weighted by Gasteiger charge is 2.34. The quantitative estimate of drug-likeness (QED) is 0.454. The largest absolute Gasteiger partial charge is 0.535 e. The van der Waals surface area contributed by atoms with Gasteiger partial charge in [-0.05, 0) is 24.4 Å². The first-order valence-electron chi connectivity index (χ1n) is 8.50. The number of rotatable bonds is 7. The Balaban J connectivity index is 1.64. The zero-order valence-electron chi connectivity index (χ0n) is 14.3. The van der Waals surface area contributed by atoms with Gasteiger partial charge in [0.2, 0.25) is 5.91 Å². The van der Waals surface area contributed by atoms with E-state index in [2.05, 4.69) is 0 Å². The van der Waals surface area contributed by atoms with E-state index in [9.17, 15) is 19.7 Å². The molecule has 6 N–H and O–H groups in total. The fourth-order valence-corrected chi connectivity index (χ4v) is 3.29. The zero-order chi connectivity index (χ0) is 18.8. The number of benzene rings is 1. The molecule has 9 nitrogen and oxygen atoms in total. The van der Waals surface area contributed by atoms with Gasteiger partial charge in [0.1, 0.15) is 23.2 Å². The third-order valence-electron chi connectivity index (χ3n) is 4.50. The van der Waals surface area contributed by atoms with Gasteiger partial charge in [-0.3, -0.25) is 9.69 Å². The van der Waals surface area contributed by atoms with Crippen LogP contribution in [-0.4, -0.2) is 65.8 Å². The Kier molecular flexibility index (Phi) is 5.35. The van der Waals surface area contributed by atoms with Crippen molar-refractivity contribution in [2.75, 3.05) is 19.6 Å². The van der Waals surface area contributed by atoms with Crippen LogP contribution < -0.4 is 20.9 Å². The van der Waals surface area contributed by atoms with Crippen molar-refractivity contribution in [1.82, 2.24) is 4.90 Å². The highest BCUT2D eigenvalue weighted by Crippen LogP contribution is 2.37. The van der Waals surface area contributed by atoms with Crippen LogP contribution in [-0.2, 0) is 11.2 Å². The van der Waals surface area contributed by atoms with E-state index in [1.807, 2.05) is 4.90 Å². The Hall–Kier alpha value is -2.30. The summed E-state index contributed by atoms with van der Waals surface area (Å²) < 4.78 is 11.2. The van der Waals surface area contributed by atoms with Crippen LogP contribution in [0.5, 0.6) is 11.5 Å². The molecule has 3 rings (SSSR count). The Morgan fingerprint density at radius 1 is 1.42 bits per heavy atom. The summed E-state index contributed by atoms with van der Waals surface area (Å²) >= 11 is 0. The maximum Gasteiger partial charge on any atom is 0.522 e. The van der Waals surface area contributed by atoms with Gasteiger partial charge in [0.15, 0.2) is 0 Å². The van der Waals surface area contributed by atoms with E-state index in [0.29, 0.717) is 32.4 Å².